The maximum Gasteiger partial charge on any atom is 0.337 e. The average molecular weight is 349 g/mol. The van der Waals surface area contributed by atoms with Gasteiger partial charge in [-0.25, -0.2) is 9.47 Å². The normalized spacial score (nSPS) is 10.4. The molecule has 2 rings (SSSR count). The molecule has 3 N–H and O–H groups in total. The van der Waals surface area contributed by atoms with Crippen LogP contribution in [0.25, 0.3) is 0 Å². The van der Waals surface area contributed by atoms with E-state index in [-0.39, 0.29) is 11.7 Å². The molecule has 0 atom stereocenters. The summed E-state index contributed by atoms with van der Waals surface area (Å²) in [6.07, 6.45) is 1.65. The molecule has 1 heterocycles. The van der Waals surface area contributed by atoms with Crippen LogP contribution in [0.3, 0.4) is 0 Å². The molecule has 0 spiro atoms. The number of hydrogen-bond donors (Lipinski definition) is 2. The fraction of sp³-hybridized carbons (Fsp3) is 0.333. The molecular weight excluding hydrogens is 330 g/mol. The number of nitrogens with two attached hydrogens (primary N) is 1. The fourth-order valence-corrected chi connectivity index (χ4v) is 2.64. The predicted molar refractivity (Wildman–Crippen MR) is 91.3 cm³/mol. The quantitative estimate of drug-likeness (QED) is 0.442. The molecule has 0 saturated carbocycles. The zero-order valence-corrected chi connectivity index (χ0v) is 14.3. The second kappa shape index (κ2) is 8.34. The van der Waals surface area contributed by atoms with Gasteiger partial charge in [0.05, 0.1) is 18.4 Å². The molecular formula is C15H19N5O3S. The Hall–Kier alpha value is -2.55. The third-order valence-electron chi connectivity index (χ3n) is 3.11. The second-order valence-corrected chi connectivity index (χ2v) is 5.87. The van der Waals surface area contributed by atoms with Gasteiger partial charge in [-0.15, -0.1) is 10.2 Å². The predicted octanol–water partition coefficient (Wildman–Crippen LogP) is 1.46. The van der Waals surface area contributed by atoms with E-state index in [0.717, 1.165) is 12.8 Å². The molecule has 24 heavy (non-hydrogen) atoms. The van der Waals surface area contributed by atoms with Crippen molar-refractivity contribution in [3.63, 3.8) is 0 Å². The zero-order valence-electron chi connectivity index (χ0n) is 13.5. The van der Waals surface area contributed by atoms with Gasteiger partial charge in [0, 0.05) is 12.1 Å². The van der Waals surface area contributed by atoms with Crippen LogP contribution in [0.15, 0.2) is 29.4 Å². The van der Waals surface area contributed by atoms with Crippen molar-refractivity contribution in [1.29, 1.82) is 0 Å². The number of carbonyl (C=O) groups excluding carboxylic acids is 2. The van der Waals surface area contributed by atoms with Crippen molar-refractivity contribution in [2.75, 3.05) is 24.0 Å². The highest BCUT2D eigenvalue weighted by molar-refractivity contribution is 7.99. The van der Waals surface area contributed by atoms with Crippen LogP contribution in [0.4, 0.5) is 5.69 Å². The Morgan fingerprint density at radius 1 is 1.38 bits per heavy atom. The highest BCUT2D eigenvalue weighted by Gasteiger charge is 2.12. The van der Waals surface area contributed by atoms with Gasteiger partial charge in [-0.1, -0.05) is 24.8 Å². The Labute approximate surface area is 143 Å². The van der Waals surface area contributed by atoms with Gasteiger partial charge in [-0.05, 0) is 24.6 Å². The van der Waals surface area contributed by atoms with Crippen molar-refractivity contribution in [3.05, 3.63) is 35.7 Å². The van der Waals surface area contributed by atoms with Crippen molar-refractivity contribution in [2.45, 2.75) is 24.9 Å². The number of methoxy groups -OCH3 is 1. The molecule has 9 heteroatoms. The Bertz CT molecular complexity index is 732. The third-order valence-corrected chi connectivity index (χ3v) is 4.05. The van der Waals surface area contributed by atoms with Crippen LogP contribution in [0.2, 0.25) is 0 Å². The lowest BCUT2D eigenvalue weighted by atomic mass is 10.2. The molecule has 0 radical (unpaired) electrons. The number of aryl methyl sites for hydroxylation is 1. The van der Waals surface area contributed by atoms with Crippen molar-refractivity contribution in [2.24, 2.45) is 0 Å². The lowest BCUT2D eigenvalue weighted by Crippen LogP contribution is -2.17. The number of carbonyl (C=O) groups is 2. The van der Waals surface area contributed by atoms with E-state index >= 15 is 0 Å². The van der Waals surface area contributed by atoms with E-state index in [4.69, 9.17) is 5.84 Å². The molecule has 1 aromatic carbocycles. The molecule has 0 fully saturated rings. The number of aromatic nitrogens is 3. The molecule has 0 saturated heterocycles. The molecule has 1 aromatic heterocycles. The summed E-state index contributed by atoms with van der Waals surface area (Å²) in [6.45, 7) is 2.03. The monoisotopic (exact) mass is 349 g/mol. The van der Waals surface area contributed by atoms with Crippen LogP contribution < -0.4 is 11.2 Å². The summed E-state index contributed by atoms with van der Waals surface area (Å²) in [4.78, 5) is 23.5. The van der Waals surface area contributed by atoms with Gasteiger partial charge >= 0.3 is 5.97 Å². The summed E-state index contributed by atoms with van der Waals surface area (Å²) < 4.78 is 6.05. The van der Waals surface area contributed by atoms with E-state index in [1.165, 1.54) is 23.5 Å². The van der Waals surface area contributed by atoms with Crippen LogP contribution in [-0.4, -0.2) is 39.6 Å². The SMILES string of the molecule is CCCc1nnc(SCC(=O)Nc2cccc(C(=O)OC)c2)n1N. The number of nitrogens with zero attached hydrogens (tertiary/aromatic N) is 3. The maximum atomic E-state index is 12.0. The highest BCUT2D eigenvalue weighted by atomic mass is 32.2. The third kappa shape index (κ3) is 4.48. The first-order valence-corrected chi connectivity index (χ1v) is 8.34. The van der Waals surface area contributed by atoms with Gasteiger partial charge < -0.3 is 15.9 Å². The minimum absolute atomic E-state index is 0.129. The average Bonchev–Trinajstić information content (AvgIpc) is 2.93. The van der Waals surface area contributed by atoms with E-state index in [2.05, 4.69) is 20.3 Å². The van der Waals surface area contributed by atoms with E-state index in [9.17, 15) is 9.59 Å². The first-order valence-electron chi connectivity index (χ1n) is 7.35. The number of hydrogen-bond acceptors (Lipinski definition) is 7. The number of esters is 1. The topological polar surface area (TPSA) is 112 Å². The number of nitrogen functional groups attached to an aromatic ring is 1. The summed E-state index contributed by atoms with van der Waals surface area (Å²) in [5, 5.41) is 11.2. The van der Waals surface area contributed by atoms with E-state index in [0.29, 0.717) is 22.2 Å². The molecule has 0 bridgehead atoms. The van der Waals surface area contributed by atoms with Gasteiger partial charge in [0.15, 0.2) is 5.82 Å². The first kappa shape index (κ1) is 17.8. The Kier molecular flexibility index (Phi) is 6.19. The number of ether oxygens (including phenoxy) is 1. The van der Waals surface area contributed by atoms with Crippen molar-refractivity contribution in [3.8, 4) is 0 Å². The van der Waals surface area contributed by atoms with Gasteiger partial charge in [0.25, 0.3) is 0 Å². The Morgan fingerprint density at radius 2 is 2.17 bits per heavy atom. The molecule has 128 valence electrons. The number of anilines is 1. The molecule has 0 unspecified atom stereocenters. The van der Waals surface area contributed by atoms with E-state index in [1.54, 1.807) is 24.3 Å². The van der Waals surface area contributed by atoms with Crippen molar-refractivity contribution < 1.29 is 14.3 Å². The van der Waals surface area contributed by atoms with Crippen LogP contribution in [0, 0.1) is 0 Å². The first-order chi connectivity index (χ1) is 11.5. The van der Waals surface area contributed by atoms with Crippen LogP contribution in [0.1, 0.15) is 29.5 Å². The lowest BCUT2D eigenvalue weighted by molar-refractivity contribution is -0.113. The summed E-state index contributed by atoms with van der Waals surface area (Å²) in [7, 11) is 1.31. The molecule has 8 nitrogen and oxygen atoms in total. The number of thioether (sulfide) groups is 1. The molecule has 0 aliphatic carbocycles. The largest absolute Gasteiger partial charge is 0.465 e. The fourth-order valence-electron chi connectivity index (χ4n) is 1.97. The minimum Gasteiger partial charge on any atom is -0.465 e. The summed E-state index contributed by atoms with van der Waals surface area (Å²) in [6, 6.07) is 6.53. The van der Waals surface area contributed by atoms with Crippen molar-refractivity contribution >= 4 is 29.3 Å². The standard InChI is InChI=1S/C15H19N5O3S/c1-3-5-12-18-19-15(20(12)16)24-9-13(21)17-11-7-4-6-10(8-11)14(22)23-2/h4,6-8H,3,5,9,16H2,1-2H3,(H,17,21). The minimum atomic E-state index is -0.458. The summed E-state index contributed by atoms with van der Waals surface area (Å²) in [5.41, 5.74) is 0.887. The van der Waals surface area contributed by atoms with Gasteiger partial charge in [-0.2, -0.15) is 0 Å². The molecule has 1 amide bonds. The van der Waals surface area contributed by atoms with E-state index < -0.39 is 5.97 Å². The highest BCUT2D eigenvalue weighted by Crippen LogP contribution is 2.17. The smallest absolute Gasteiger partial charge is 0.337 e. The van der Waals surface area contributed by atoms with Gasteiger partial charge in [-0.3, -0.25) is 4.79 Å². The summed E-state index contributed by atoms with van der Waals surface area (Å²) >= 11 is 1.20. The molecule has 0 aliphatic heterocycles. The van der Waals surface area contributed by atoms with Gasteiger partial charge in [0.2, 0.25) is 11.1 Å². The zero-order chi connectivity index (χ0) is 17.5. The lowest BCUT2D eigenvalue weighted by Gasteiger charge is -2.07. The van der Waals surface area contributed by atoms with Crippen molar-refractivity contribution in [1.82, 2.24) is 14.9 Å². The Balaban J connectivity index is 1.93. The molecule has 2 aromatic rings. The number of benzene rings is 1. The van der Waals surface area contributed by atoms with Crippen LogP contribution >= 0.6 is 11.8 Å². The molecule has 0 aliphatic rings. The van der Waals surface area contributed by atoms with Crippen LogP contribution in [-0.2, 0) is 16.0 Å². The van der Waals surface area contributed by atoms with Gasteiger partial charge in [0.1, 0.15) is 0 Å². The maximum absolute atomic E-state index is 12.0. The number of amides is 1. The van der Waals surface area contributed by atoms with E-state index in [1.807, 2.05) is 6.92 Å². The number of rotatable bonds is 7. The number of nitrogens with one attached hydrogen (secondary N) is 1. The Morgan fingerprint density at radius 3 is 2.88 bits per heavy atom. The summed E-state index contributed by atoms with van der Waals surface area (Å²) in [5.74, 6) is 6.01. The van der Waals surface area contributed by atoms with Crippen LogP contribution in [0.5, 0.6) is 0 Å². The second-order valence-electron chi connectivity index (χ2n) is 4.93.